The summed E-state index contributed by atoms with van der Waals surface area (Å²) in [4.78, 5) is 19.6. The standard InChI is InChI=1S/C16H25IN4OS/c1-11(2)15(22)21-9-7-12(10-21)20-16(18-3)19-8-6-13-4-5-14(17)23-13/h4-5,11-12H,6-10H2,1-3H3,(H2,18,19,20). The van der Waals surface area contributed by atoms with E-state index in [9.17, 15) is 4.79 Å². The van der Waals surface area contributed by atoms with E-state index >= 15 is 0 Å². The molecule has 0 aliphatic carbocycles. The van der Waals surface area contributed by atoms with Crippen LogP contribution in [0, 0.1) is 8.80 Å². The molecule has 0 bridgehead atoms. The van der Waals surface area contributed by atoms with Crippen LogP contribution >= 0.6 is 33.9 Å². The smallest absolute Gasteiger partial charge is 0.225 e. The van der Waals surface area contributed by atoms with Gasteiger partial charge in [0.05, 0.1) is 2.88 Å². The molecule has 1 amide bonds. The van der Waals surface area contributed by atoms with Crippen LogP contribution in [0.5, 0.6) is 0 Å². The van der Waals surface area contributed by atoms with Gasteiger partial charge < -0.3 is 15.5 Å². The Balaban J connectivity index is 1.74. The summed E-state index contributed by atoms with van der Waals surface area (Å²) in [6, 6.07) is 4.61. The van der Waals surface area contributed by atoms with Gasteiger partial charge in [-0.1, -0.05) is 13.8 Å². The van der Waals surface area contributed by atoms with Crippen LogP contribution in [-0.2, 0) is 11.2 Å². The molecule has 1 saturated heterocycles. The van der Waals surface area contributed by atoms with Crippen molar-refractivity contribution in [2.45, 2.75) is 32.7 Å². The van der Waals surface area contributed by atoms with E-state index in [0.29, 0.717) is 0 Å². The maximum atomic E-state index is 12.0. The fourth-order valence-electron chi connectivity index (χ4n) is 2.62. The van der Waals surface area contributed by atoms with Crippen LogP contribution in [0.3, 0.4) is 0 Å². The molecule has 1 aromatic rings. The maximum Gasteiger partial charge on any atom is 0.225 e. The highest BCUT2D eigenvalue weighted by Crippen LogP contribution is 2.18. The van der Waals surface area contributed by atoms with Gasteiger partial charge in [0.1, 0.15) is 0 Å². The number of nitrogens with one attached hydrogen (secondary N) is 2. The second-order valence-electron chi connectivity index (χ2n) is 6.02. The molecule has 1 unspecified atom stereocenters. The van der Waals surface area contributed by atoms with Crippen LogP contribution in [0.4, 0.5) is 0 Å². The molecule has 1 aliphatic rings. The predicted octanol–water partition coefficient (Wildman–Crippen LogP) is 2.32. The Hall–Kier alpha value is -0.830. The molecule has 1 aromatic heterocycles. The van der Waals surface area contributed by atoms with E-state index in [1.165, 1.54) is 7.76 Å². The third-order valence-electron chi connectivity index (χ3n) is 3.85. The number of halogens is 1. The Kier molecular flexibility index (Phi) is 7.13. The molecule has 2 N–H and O–H groups in total. The fourth-order valence-corrected chi connectivity index (χ4v) is 4.38. The van der Waals surface area contributed by atoms with E-state index in [0.717, 1.165) is 38.4 Å². The van der Waals surface area contributed by atoms with E-state index in [1.54, 1.807) is 7.05 Å². The molecule has 1 aliphatic heterocycles. The molecule has 0 saturated carbocycles. The summed E-state index contributed by atoms with van der Waals surface area (Å²) in [5.74, 6) is 1.13. The first kappa shape index (κ1) is 18.5. The minimum Gasteiger partial charge on any atom is -0.356 e. The number of carbonyl (C=O) groups excluding carboxylic acids is 1. The average Bonchev–Trinajstić information content (AvgIpc) is 3.14. The number of carbonyl (C=O) groups is 1. The summed E-state index contributed by atoms with van der Waals surface area (Å²) in [7, 11) is 1.79. The normalized spacial score (nSPS) is 18.6. The second kappa shape index (κ2) is 8.86. The quantitative estimate of drug-likeness (QED) is 0.413. The van der Waals surface area contributed by atoms with Crippen molar-refractivity contribution in [1.29, 1.82) is 0 Å². The van der Waals surface area contributed by atoms with Crippen molar-refractivity contribution in [3.8, 4) is 0 Å². The van der Waals surface area contributed by atoms with Gasteiger partial charge >= 0.3 is 0 Å². The lowest BCUT2D eigenvalue weighted by atomic mass is 10.2. The van der Waals surface area contributed by atoms with Crippen LogP contribution < -0.4 is 10.6 Å². The first-order valence-electron chi connectivity index (χ1n) is 7.99. The summed E-state index contributed by atoms with van der Waals surface area (Å²) < 4.78 is 1.32. The van der Waals surface area contributed by atoms with Gasteiger partial charge in [-0.15, -0.1) is 11.3 Å². The number of thiophene rings is 1. The Morgan fingerprint density at radius 1 is 1.52 bits per heavy atom. The molecule has 2 rings (SSSR count). The highest BCUT2D eigenvalue weighted by atomic mass is 127. The van der Waals surface area contributed by atoms with Crippen molar-refractivity contribution in [2.24, 2.45) is 10.9 Å². The van der Waals surface area contributed by atoms with Crippen LogP contribution in [0.15, 0.2) is 17.1 Å². The highest BCUT2D eigenvalue weighted by Gasteiger charge is 2.27. The van der Waals surface area contributed by atoms with Crippen LogP contribution in [0.25, 0.3) is 0 Å². The molecule has 7 heteroatoms. The van der Waals surface area contributed by atoms with Crippen molar-refractivity contribution in [3.05, 3.63) is 19.9 Å². The summed E-state index contributed by atoms with van der Waals surface area (Å²) in [5.41, 5.74) is 0. The van der Waals surface area contributed by atoms with E-state index in [2.05, 4.69) is 50.3 Å². The Bertz CT molecular complexity index is 558. The molecule has 2 heterocycles. The summed E-state index contributed by atoms with van der Waals surface area (Å²) in [6.45, 7) is 6.36. The monoisotopic (exact) mass is 448 g/mol. The van der Waals surface area contributed by atoms with E-state index in [-0.39, 0.29) is 17.9 Å². The molecule has 128 valence electrons. The van der Waals surface area contributed by atoms with Gasteiger partial charge in [0.15, 0.2) is 5.96 Å². The molecule has 1 fully saturated rings. The number of likely N-dealkylation sites (tertiary alicyclic amines) is 1. The second-order valence-corrected chi connectivity index (χ2v) is 9.09. The lowest BCUT2D eigenvalue weighted by Gasteiger charge is -2.20. The first-order chi connectivity index (χ1) is 11.0. The Morgan fingerprint density at radius 2 is 2.30 bits per heavy atom. The highest BCUT2D eigenvalue weighted by molar-refractivity contribution is 14.1. The van der Waals surface area contributed by atoms with Gasteiger partial charge in [0.25, 0.3) is 0 Å². The molecular formula is C16H25IN4OS. The van der Waals surface area contributed by atoms with Gasteiger partial charge in [-0.25, -0.2) is 0 Å². The lowest BCUT2D eigenvalue weighted by Crippen LogP contribution is -2.45. The number of nitrogens with zero attached hydrogens (tertiary/aromatic N) is 2. The number of rotatable bonds is 5. The maximum absolute atomic E-state index is 12.0. The minimum absolute atomic E-state index is 0.0692. The molecule has 0 spiro atoms. The Labute approximate surface area is 156 Å². The zero-order valence-electron chi connectivity index (χ0n) is 13.9. The molecule has 23 heavy (non-hydrogen) atoms. The third kappa shape index (κ3) is 5.63. The molecule has 0 aromatic carbocycles. The molecule has 1 atom stereocenters. The number of amides is 1. The van der Waals surface area contributed by atoms with E-state index in [4.69, 9.17) is 0 Å². The third-order valence-corrected chi connectivity index (χ3v) is 5.80. The van der Waals surface area contributed by atoms with Crippen LogP contribution in [-0.4, -0.2) is 49.5 Å². The van der Waals surface area contributed by atoms with Crippen molar-refractivity contribution < 1.29 is 4.79 Å². The van der Waals surface area contributed by atoms with Gasteiger partial charge in [-0.05, 0) is 47.6 Å². The summed E-state index contributed by atoms with van der Waals surface area (Å²) in [5, 5.41) is 6.79. The summed E-state index contributed by atoms with van der Waals surface area (Å²) >= 11 is 4.18. The SMILES string of the molecule is CN=C(NCCc1ccc(I)s1)NC1CCN(C(=O)C(C)C)C1. The van der Waals surface area contributed by atoms with Gasteiger partial charge in [0, 0.05) is 43.5 Å². The topological polar surface area (TPSA) is 56.7 Å². The summed E-state index contributed by atoms with van der Waals surface area (Å²) in [6.07, 6.45) is 1.97. The van der Waals surface area contributed by atoms with Crippen molar-refractivity contribution >= 4 is 45.8 Å². The zero-order valence-corrected chi connectivity index (χ0v) is 16.9. The number of hydrogen-bond acceptors (Lipinski definition) is 3. The average molecular weight is 448 g/mol. The van der Waals surface area contributed by atoms with Gasteiger partial charge in [-0.2, -0.15) is 0 Å². The fraction of sp³-hybridized carbons (Fsp3) is 0.625. The lowest BCUT2D eigenvalue weighted by molar-refractivity contribution is -0.133. The van der Waals surface area contributed by atoms with E-state index in [1.807, 2.05) is 30.1 Å². The largest absolute Gasteiger partial charge is 0.356 e. The number of aliphatic imine (C=N–C) groups is 1. The van der Waals surface area contributed by atoms with Crippen LogP contribution in [0.2, 0.25) is 0 Å². The van der Waals surface area contributed by atoms with Gasteiger partial charge in [0.2, 0.25) is 5.91 Å². The predicted molar refractivity (Wildman–Crippen MR) is 105 cm³/mol. The van der Waals surface area contributed by atoms with Gasteiger partial charge in [-0.3, -0.25) is 9.79 Å². The molecular weight excluding hydrogens is 423 g/mol. The Morgan fingerprint density at radius 3 is 2.91 bits per heavy atom. The van der Waals surface area contributed by atoms with E-state index < -0.39 is 0 Å². The first-order valence-corrected chi connectivity index (χ1v) is 9.89. The number of hydrogen-bond donors (Lipinski definition) is 2. The number of guanidine groups is 1. The van der Waals surface area contributed by atoms with Crippen molar-refractivity contribution in [3.63, 3.8) is 0 Å². The van der Waals surface area contributed by atoms with Crippen LogP contribution in [0.1, 0.15) is 25.1 Å². The van der Waals surface area contributed by atoms with Crippen molar-refractivity contribution in [2.75, 3.05) is 26.7 Å². The zero-order chi connectivity index (χ0) is 16.8. The molecule has 0 radical (unpaired) electrons. The molecule has 5 nitrogen and oxygen atoms in total. The minimum atomic E-state index is 0.0692. The van der Waals surface area contributed by atoms with Crippen molar-refractivity contribution in [1.82, 2.24) is 15.5 Å².